The maximum Gasteiger partial charge on any atom is 0.138 e. The number of fused-ring (bicyclic) bond motifs is 1. The molecule has 1 heterocycles. The summed E-state index contributed by atoms with van der Waals surface area (Å²) in [7, 11) is 0. The fourth-order valence-corrected chi connectivity index (χ4v) is 3.34. The number of ether oxygens (including phenoxy) is 1. The molecule has 19 heavy (non-hydrogen) atoms. The highest BCUT2D eigenvalue weighted by Crippen LogP contribution is 2.32. The second-order valence-electron chi connectivity index (χ2n) is 4.08. The molecule has 0 N–H and O–H groups in total. The molecule has 0 aliphatic rings. The molecule has 3 rings (SSSR count). The second kappa shape index (κ2) is 5.41. The fraction of sp³-hybridized carbons (Fsp3) is 0.0667. The van der Waals surface area contributed by atoms with Gasteiger partial charge in [0.15, 0.2) is 0 Å². The first-order valence-electron chi connectivity index (χ1n) is 5.78. The van der Waals surface area contributed by atoms with Gasteiger partial charge < -0.3 is 4.74 Å². The summed E-state index contributed by atoms with van der Waals surface area (Å²) in [4.78, 5) is 1.13. The van der Waals surface area contributed by atoms with Gasteiger partial charge >= 0.3 is 0 Å². The SMILES string of the molecule is Clc1ccccc1OCc1cc2c(Cl)cccc2s1. The molecule has 0 amide bonds. The fourth-order valence-electron chi connectivity index (χ4n) is 1.86. The Hall–Kier alpha value is -1.22. The summed E-state index contributed by atoms with van der Waals surface area (Å²) in [5.41, 5.74) is 0. The molecule has 0 atom stereocenters. The van der Waals surface area contributed by atoms with Crippen molar-refractivity contribution in [3.05, 3.63) is 63.5 Å². The van der Waals surface area contributed by atoms with Gasteiger partial charge in [-0.2, -0.15) is 0 Å². The Kier molecular flexibility index (Phi) is 3.65. The normalized spacial score (nSPS) is 10.8. The average Bonchev–Trinajstić information content (AvgIpc) is 2.82. The number of thiophene rings is 1. The van der Waals surface area contributed by atoms with Crippen LogP contribution in [-0.4, -0.2) is 0 Å². The number of benzene rings is 2. The Morgan fingerprint density at radius 2 is 1.74 bits per heavy atom. The van der Waals surface area contributed by atoms with Gasteiger partial charge in [0.2, 0.25) is 0 Å². The first-order chi connectivity index (χ1) is 9.24. The molecule has 0 unspecified atom stereocenters. The lowest BCUT2D eigenvalue weighted by Gasteiger charge is -2.05. The third-order valence-corrected chi connectivity index (χ3v) is 4.48. The molecule has 96 valence electrons. The third kappa shape index (κ3) is 2.71. The lowest BCUT2D eigenvalue weighted by atomic mass is 10.2. The first-order valence-corrected chi connectivity index (χ1v) is 7.35. The quantitative estimate of drug-likeness (QED) is 0.595. The molecule has 2 aromatic carbocycles. The van der Waals surface area contributed by atoms with E-state index < -0.39 is 0 Å². The number of halogens is 2. The minimum absolute atomic E-state index is 0.499. The minimum Gasteiger partial charge on any atom is -0.487 e. The molecule has 3 aromatic rings. The summed E-state index contributed by atoms with van der Waals surface area (Å²) in [5.74, 6) is 0.702. The van der Waals surface area contributed by atoms with E-state index in [1.807, 2.05) is 36.4 Å². The summed E-state index contributed by atoms with van der Waals surface area (Å²) in [6, 6.07) is 15.5. The molecule has 0 spiro atoms. The highest BCUT2D eigenvalue weighted by Gasteiger charge is 2.06. The van der Waals surface area contributed by atoms with Gasteiger partial charge in [-0.3, -0.25) is 0 Å². The van der Waals surface area contributed by atoms with Crippen molar-refractivity contribution in [2.24, 2.45) is 0 Å². The van der Waals surface area contributed by atoms with E-state index >= 15 is 0 Å². The summed E-state index contributed by atoms with van der Waals surface area (Å²) in [6.45, 7) is 0.499. The average molecular weight is 309 g/mol. The molecular formula is C15H10Cl2OS. The zero-order chi connectivity index (χ0) is 13.2. The summed E-state index contributed by atoms with van der Waals surface area (Å²) >= 11 is 13.9. The number of rotatable bonds is 3. The van der Waals surface area contributed by atoms with Gasteiger partial charge in [-0.25, -0.2) is 0 Å². The van der Waals surface area contributed by atoms with Gasteiger partial charge in [0.25, 0.3) is 0 Å². The lowest BCUT2D eigenvalue weighted by molar-refractivity contribution is 0.310. The van der Waals surface area contributed by atoms with Crippen LogP contribution in [0.3, 0.4) is 0 Å². The van der Waals surface area contributed by atoms with E-state index in [4.69, 9.17) is 27.9 Å². The maximum atomic E-state index is 6.16. The van der Waals surface area contributed by atoms with Crippen molar-refractivity contribution in [2.45, 2.75) is 6.61 Å². The van der Waals surface area contributed by atoms with E-state index in [0.717, 1.165) is 15.3 Å². The Labute approximate surface area is 125 Å². The standard InChI is InChI=1S/C15H10Cl2OS/c16-12-5-3-7-15-11(12)8-10(19-15)9-18-14-6-2-1-4-13(14)17/h1-8H,9H2. The number of hydrogen-bond acceptors (Lipinski definition) is 2. The molecule has 0 saturated carbocycles. The molecule has 0 aliphatic heterocycles. The van der Waals surface area contributed by atoms with Crippen LogP contribution in [0.2, 0.25) is 10.0 Å². The predicted molar refractivity (Wildman–Crippen MR) is 82.6 cm³/mol. The first kappa shape index (κ1) is 12.8. The third-order valence-electron chi connectivity index (χ3n) is 2.77. The van der Waals surface area contributed by atoms with Crippen LogP contribution in [0.4, 0.5) is 0 Å². The Bertz CT molecular complexity index is 721. The number of para-hydroxylation sites is 1. The Morgan fingerprint density at radius 3 is 2.53 bits per heavy atom. The monoisotopic (exact) mass is 308 g/mol. The van der Waals surface area contributed by atoms with Gasteiger partial charge in [0.1, 0.15) is 12.4 Å². The smallest absolute Gasteiger partial charge is 0.138 e. The highest BCUT2D eigenvalue weighted by atomic mass is 35.5. The van der Waals surface area contributed by atoms with Crippen LogP contribution < -0.4 is 4.74 Å². The molecule has 0 aliphatic carbocycles. The highest BCUT2D eigenvalue weighted by molar-refractivity contribution is 7.19. The van der Waals surface area contributed by atoms with Crippen LogP contribution in [-0.2, 0) is 6.61 Å². The molecule has 4 heteroatoms. The van der Waals surface area contributed by atoms with Crippen LogP contribution in [0.5, 0.6) is 5.75 Å². The van der Waals surface area contributed by atoms with E-state index in [1.165, 1.54) is 4.70 Å². The van der Waals surface area contributed by atoms with E-state index in [0.29, 0.717) is 17.4 Å². The summed E-state index contributed by atoms with van der Waals surface area (Å²) in [6.07, 6.45) is 0. The molecule has 1 nitrogen and oxygen atoms in total. The van der Waals surface area contributed by atoms with Crippen molar-refractivity contribution >= 4 is 44.6 Å². The van der Waals surface area contributed by atoms with Crippen LogP contribution in [0.25, 0.3) is 10.1 Å². The zero-order valence-corrected chi connectivity index (χ0v) is 12.2. The van der Waals surface area contributed by atoms with Crippen molar-refractivity contribution in [1.29, 1.82) is 0 Å². The van der Waals surface area contributed by atoms with E-state index in [2.05, 4.69) is 12.1 Å². The molecule has 0 radical (unpaired) electrons. The molecule has 0 bridgehead atoms. The summed E-state index contributed by atoms with van der Waals surface area (Å²) < 4.78 is 6.90. The topological polar surface area (TPSA) is 9.23 Å². The largest absolute Gasteiger partial charge is 0.487 e. The van der Waals surface area contributed by atoms with Crippen LogP contribution in [0.15, 0.2) is 48.5 Å². The van der Waals surface area contributed by atoms with Gasteiger partial charge in [-0.1, -0.05) is 41.4 Å². The van der Waals surface area contributed by atoms with Crippen molar-refractivity contribution in [2.75, 3.05) is 0 Å². The lowest BCUT2D eigenvalue weighted by Crippen LogP contribution is -1.92. The molecule has 0 fully saturated rings. The van der Waals surface area contributed by atoms with Crippen molar-refractivity contribution in [3.63, 3.8) is 0 Å². The maximum absolute atomic E-state index is 6.16. The molecule has 1 aromatic heterocycles. The molecular weight excluding hydrogens is 299 g/mol. The predicted octanol–water partition coefficient (Wildman–Crippen LogP) is 5.79. The summed E-state index contributed by atoms with van der Waals surface area (Å²) in [5, 5.41) is 2.48. The zero-order valence-electron chi connectivity index (χ0n) is 9.90. The minimum atomic E-state index is 0.499. The van der Waals surface area contributed by atoms with Crippen LogP contribution in [0.1, 0.15) is 4.88 Å². The Balaban J connectivity index is 1.83. The van der Waals surface area contributed by atoms with E-state index in [1.54, 1.807) is 11.3 Å². The Morgan fingerprint density at radius 1 is 0.947 bits per heavy atom. The van der Waals surface area contributed by atoms with Gasteiger partial charge in [-0.15, -0.1) is 11.3 Å². The van der Waals surface area contributed by atoms with Crippen LogP contribution in [0, 0.1) is 0 Å². The van der Waals surface area contributed by atoms with Gasteiger partial charge in [0, 0.05) is 20.0 Å². The van der Waals surface area contributed by atoms with Crippen molar-refractivity contribution in [3.8, 4) is 5.75 Å². The van der Waals surface area contributed by atoms with Gasteiger partial charge in [-0.05, 0) is 30.3 Å². The molecule has 0 saturated heterocycles. The van der Waals surface area contributed by atoms with E-state index in [9.17, 15) is 0 Å². The second-order valence-corrected chi connectivity index (χ2v) is 6.07. The van der Waals surface area contributed by atoms with Gasteiger partial charge in [0.05, 0.1) is 5.02 Å². The van der Waals surface area contributed by atoms with Crippen LogP contribution >= 0.6 is 34.5 Å². The van der Waals surface area contributed by atoms with Crippen molar-refractivity contribution in [1.82, 2.24) is 0 Å². The van der Waals surface area contributed by atoms with Crippen molar-refractivity contribution < 1.29 is 4.74 Å². The van der Waals surface area contributed by atoms with E-state index in [-0.39, 0.29) is 0 Å². The number of hydrogen-bond donors (Lipinski definition) is 0.